The molecule has 0 heterocycles. The van der Waals surface area contributed by atoms with Gasteiger partial charge in [0.2, 0.25) is 0 Å². The molecule has 56 heavy (non-hydrogen) atoms. The molecule has 284 valence electrons. The molecule has 0 radical (unpaired) electrons. The normalized spacial score (nSPS) is 18.0. The van der Waals surface area contributed by atoms with E-state index in [1.54, 1.807) is 0 Å². The summed E-state index contributed by atoms with van der Waals surface area (Å²) < 4.78 is 7.43. The summed E-state index contributed by atoms with van der Waals surface area (Å²) >= 11 is -5.38. The Hall–Kier alpha value is -4.11. The van der Waals surface area contributed by atoms with Crippen molar-refractivity contribution in [3.8, 4) is 44.5 Å². The number of fused-ring (bicyclic) bond motifs is 2. The Labute approximate surface area is 332 Å². The van der Waals surface area contributed by atoms with Gasteiger partial charge in [0.1, 0.15) is 0 Å². The van der Waals surface area contributed by atoms with Gasteiger partial charge in [0, 0.05) is 0 Å². The topological polar surface area (TPSA) is 0 Å². The number of hydrogen-bond donors (Lipinski definition) is 0. The fraction of sp³-hybridized carbons (Fsp3) is 0.259. The van der Waals surface area contributed by atoms with Crippen molar-refractivity contribution in [1.29, 1.82) is 0 Å². The third-order valence-electron chi connectivity index (χ3n) is 17.8. The molecule has 2 unspecified atom stereocenters. The van der Waals surface area contributed by atoms with Crippen LogP contribution in [-0.2, 0) is 14.2 Å². The monoisotopic (exact) mass is 916 g/mol. The number of hydrogen-bond acceptors (Lipinski definition) is 0. The van der Waals surface area contributed by atoms with Crippen molar-refractivity contribution in [3.05, 3.63) is 178 Å². The minimum atomic E-state index is -5.38. The van der Waals surface area contributed by atoms with Crippen LogP contribution in [0.15, 0.2) is 133 Å². The zero-order valence-corrected chi connectivity index (χ0v) is 40.4. The Balaban J connectivity index is 1.33. The van der Waals surface area contributed by atoms with E-state index in [9.17, 15) is 0 Å². The van der Waals surface area contributed by atoms with E-state index >= 15 is 0 Å². The molecular weight excluding hydrogens is 855 g/mol. The van der Waals surface area contributed by atoms with Crippen LogP contribution >= 0.6 is 0 Å². The van der Waals surface area contributed by atoms with E-state index in [4.69, 9.17) is 0 Å². The van der Waals surface area contributed by atoms with Crippen molar-refractivity contribution in [2.45, 2.75) is 79.4 Å². The molecule has 0 aliphatic heterocycles. The predicted molar refractivity (Wildman–Crippen MR) is 248 cm³/mol. The summed E-state index contributed by atoms with van der Waals surface area (Å²) in [7, 11) is 0. The Morgan fingerprint density at radius 3 is 1.18 bits per heavy atom. The number of benzene rings is 6. The first-order chi connectivity index (χ1) is 26.5. The first-order valence-electron chi connectivity index (χ1n) is 20.9. The Bertz CT molecular complexity index is 2580. The molecule has 0 aromatic heterocycles. The van der Waals surface area contributed by atoms with Crippen LogP contribution in [0.25, 0.3) is 56.7 Å². The molecule has 2 atom stereocenters. The van der Waals surface area contributed by atoms with Gasteiger partial charge in [-0.3, -0.25) is 0 Å². The summed E-state index contributed by atoms with van der Waals surface area (Å²) in [4.78, 5) is 0. The fourth-order valence-corrected chi connectivity index (χ4v) is 52.9. The van der Waals surface area contributed by atoms with Gasteiger partial charge in [-0.15, -0.1) is 0 Å². The molecule has 2 aliphatic carbocycles. The van der Waals surface area contributed by atoms with Crippen LogP contribution in [0.4, 0.5) is 0 Å². The SMILES string of the molecule is Cc1ccc(-c2cccc3c2C=C[CH]3[Hf]([CH3])([CH3])(=[SiH2])([CH](C)C)([CH](C)C)[CH]2C=Cc3c(-c4ccc(C)c(-c5ccccc5)c4C)cccc32)c(C)c1-c1ccccc1. The molecule has 0 N–H and O–H groups in total. The first-order valence-corrected chi connectivity index (χ1v) is 44.7. The average Bonchev–Trinajstić information content (AvgIpc) is 3.84. The Morgan fingerprint density at radius 1 is 0.446 bits per heavy atom. The van der Waals surface area contributed by atoms with E-state index in [-0.39, 0.29) is 0 Å². The van der Waals surface area contributed by atoms with Gasteiger partial charge in [0.25, 0.3) is 0 Å². The fourth-order valence-electron chi connectivity index (χ4n) is 12.0. The molecule has 0 saturated carbocycles. The van der Waals surface area contributed by atoms with Crippen molar-refractivity contribution in [3.63, 3.8) is 0 Å². The van der Waals surface area contributed by atoms with Crippen LogP contribution < -0.4 is 0 Å². The summed E-state index contributed by atoms with van der Waals surface area (Å²) in [6.45, 7) is 22.1. The van der Waals surface area contributed by atoms with Crippen LogP contribution in [0.3, 0.4) is 0 Å². The maximum atomic E-state index is 2.89. The standard InChI is InChI=1S/2C23H19.2C3H7.2CH3.Hf.H2Si/c2*1-16-14-15-20(17(2)23(16)19-8-4-3-5-9-19)22-13-7-11-18-10-6-12-21(18)22;2*1-3-2;;;;/h2*3-15H,1-2H3;2*3H,1-2H3;2*1H3;;1H2. The second kappa shape index (κ2) is 12.4. The van der Waals surface area contributed by atoms with E-state index in [0.717, 1.165) is 0 Å². The summed E-state index contributed by atoms with van der Waals surface area (Å²) in [5, 5.41) is 0. The molecule has 6 aromatic rings. The maximum absolute atomic E-state index is 5.38. The molecule has 0 nitrogen and oxygen atoms in total. The van der Waals surface area contributed by atoms with Crippen molar-refractivity contribution in [2.75, 3.05) is 0 Å². The molecule has 2 aliphatic rings. The van der Waals surface area contributed by atoms with Gasteiger partial charge in [-0.25, -0.2) is 0 Å². The molecule has 0 spiro atoms. The second-order valence-corrected chi connectivity index (χ2v) is 96.6. The first kappa shape index (κ1) is 38.7. The molecule has 2 heteroatoms. The number of allylic oxidation sites excluding steroid dienone is 2. The predicted octanol–water partition coefficient (Wildman–Crippen LogP) is 15.5. The van der Waals surface area contributed by atoms with Gasteiger partial charge in [-0.05, 0) is 0 Å². The van der Waals surface area contributed by atoms with Crippen LogP contribution in [0.1, 0.15) is 79.6 Å². The molecule has 0 amide bonds. The van der Waals surface area contributed by atoms with E-state index in [2.05, 4.69) is 217 Å². The van der Waals surface area contributed by atoms with Crippen molar-refractivity contribution < 1.29 is 14.2 Å². The zero-order valence-electron chi connectivity index (χ0n) is 35.4. The van der Waals surface area contributed by atoms with Crippen molar-refractivity contribution in [1.82, 2.24) is 0 Å². The zero-order chi connectivity index (χ0) is 39.9. The van der Waals surface area contributed by atoms with E-state index in [1.807, 2.05) is 0 Å². The minimum absolute atomic E-state index is 0.335. The van der Waals surface area contributed by atoms with Crippen LogP contribution in [0, 0.1) is 27.7 Å². The summed E-state index contributed by atoms with van der Waals surface area (Å²) in [6.07, 6.45) is 10.4. The van der Waals surface area contributed by atoms with Gasteiger partial charge in [-0.2, -0.15) is 0 Å². The van der Waals surface area contributed by atoms with Gasteiger partial charge < -0.3 is 0 Å². The molecule has 8 rings (SSSR count). The molecular formula is C54H60HfSi. The van der Waals surface area contributed by atoms with Crippen LogP contribution in [-0.4, -0.2) is 6.94 Å². The summed E-state index contributed by atoms with van der Waals surface area (Å²) in [6, 6.07) is 45.7. The van der Waals surface area contributed by atoms with Crippen molar-refractivity contribution >= 4 is 19.1 Å². The Kier molecular flexibility index (Phi) is 8.61. The van der Waals surface area contributed by atoms with Crippen molar-refractivity contribution in [2.24, 2.45) is 0 Å². The van der Waals surface area contributed by atoms with Gasteiger partial charge in [-0.1, -0.05) is 0 Å². The number of aryl methyl sites for hydroxylation is 2. The second-order valence-electron chi connectivity index (χ2n) is 20.5. The van der Waals surface area contributed by atoms with Gasteiger partial charge >= 0.3 is 335 Å². The third kappa shape index (κ3) is 4.91. The molecule has 6 aromatic carbocycles. The quantitative estimate of drug-likeness (QED) is 0.134. The molecule has 0 fully saturated rings. The van der Waals surface area contributed by atoms with E-state index in [0.29, 0.717) is 14.7 Å². The molecule has 0 bridgehead atoms. The Morgan fingerprint density at radius 2 is 0.821 bits per heavy atom. The summed E-state index contributed by atoms with van der Waals surface area (Å²) in [5.74, 6) is 0. The summed E-state index contributed by atoms with van der Waals surface area (Å²) in [5.41, 5.74) is 21.9. The van der Waals surface area contributed by atoms with Crippen LogP contribution in [0.5, 0.6) is 0 Å². The van der Waals surface area contributed by atoms with E-state index < -0.39 is 14.2 Å². The van der Waals surface area contributed by atoms with Gasteiger partial charge in [0.05, 0.1) is 0 Å². The van der Waals surface area contributed by atoms with Gasteiger partial charge in [0.15, 0.2) is 0 Å². The van der Waals surface area contributed by atoms with E-state index in [1.165, 1.54) is 89.0 Å². The molecule has 0 saturated heterocycles. The average molecular weight is 916 g/mol. The number of rotatable bonds is 8. The van der Waals surface area contributed by atoms with Crippen LogP contribution in [0.2, 0.25) is 16.7 Å². The third-order valence-corrected chi connectivity index (χ3v) is 98.7.